The highest BCUT2D eigenvalue weighted by molar-refractivity contribution is 6.15. The van der Waals surface area contributed by atoms with E-state index in [9.17, 15) is 9.18 Å². The minimum atomic E-state index is -0.270. The quantitative estimate of drug-likeness (QED) is 0.578. The lowest BCUT2D eigenvalue weighted by molar-refractivity contribution is 0.0973. The van der Waals surface area contributed by atoms with Gasteiger partial charge in [0, 0.05) is 23.1 Å². The van der Waals surface area contributed by atoms with E-state index in [0.717, 1.165) is 46.3 Å². The average molecular weight is 308 g/mol. The van der Waals surface area contributed by atoms with Gasteiger partial charge < -0.3 is 4.90 Å². The molecule has 0 amide bonds. The molecule has 0 unspecified atom stereocenters. The van der Waals surface area contributed by atoms with Gasteiger partial charge in [0.1, 0.15) is 5.82 Å². The van der Waals surface area contributed by atoms with Crippen LogP contribution in [0.4, 0.5) is 4.39 Å². The van der Waals surface area contributed by atoms with Gasteiger partial charge >= 0.3 is 0 Å². The van der Waals surface area contributed by atoms with Crippen LogP contribution in [0.1, 0.15) is 15.9 Å². The second-order valence-corrected chi connectivity index (χ2v) is 6.23. The Balaban J connectivity index is 2.04. The van der Waals surface area contributed by atoms with Gasteiger partial charge in [0.25, 0.3) is 5.91 Å². The fraction of sp³-hybridized carbons (Fsp3) is 0.211. The van der Waals surface area contributed by atoms with Crippen LogP contribution in [0, 0.1) is 5.82 Å². The van der Waals surface area contributed by atoms with Crippen LogP contribution >= 0.6 is 0 Å². The number of hydrogen-bond donors (Lipinski definition) is 0. The SMILES string of the molecule is CN(C)CCc1c2n(c3ccc(F)cc13)C(=O)c1ccccc1-2. The average Bonchev–Trinajstić information content (AvgIpc) is 2.99. The number of halogens is 1. The molecule has 3 nitrogen and oxygen atoms in total. The second kappa shape index (κ2) is 5.03. The highest BCUT2D eigenvalue weighted by Crippen LogP contribution is 2.41. The van der Waals surface area contributed by atoms with E-state index in [1.54, 1.807) is 16.7 Å². The lowest BCUT2D eigenvalue weighted by Gasteiger charge is -2.10. The van der Waals surface area contributed by atoms with Crippen LogP contribution in [0.2, 0.25) is 0 Å². The summed E-state index contributed by atoms with van der Waals surface area (Å²) in [5.41, 5.74) is 4.43. The summed E-state index contributed by atoms with van der Waals surface area (Å²) >= 11 is 0. The molecule has 0 N–H and O–H groups in total. The van der Waals surface area contributed by atoms with Crippen LogP contribution in [-0.2, 0) is 6.42 Å². The summed E-state index contributed by atoms with van der Waals surface area (Å²) in [5, 5.41) is 0.838. The Kier molecular flexibility index (Phi) is 3.10. The molecule has 1 aromatic heterocycles. The first kappa shape index (κ1) is 14.2. The Hall–Kier alpha value is -2.46. The molecule has 4 rings (SSSR count). The summed E-state index contributed by atoms with van der Waals surface area (Å²) in [6, 6.07) is 12.3. The van der Waals surface area contributed by atoms with Gasteiger partial charge in [0.2, 0.25) is 0 Å². The van der Waals surface area contributed by atoms with E-state index in [0.29, 0.717) is 0 Å². The van der Waals surface area contributed by atoms with Gasteiger partial charge in [-0.15, -0.1) is 0 Å². The number of carbonyl (C=O) groups is 1. The van der Waals surface area contributed by atoms with E-state index in [1.165, 1.54) is 6.07 Å². The second-order valence-electron chi connectivity index (χ2n) is 6.23. The van der Waals surface area contributed by atoms with E-state index in [1.807, 2.05) is 38.4 Å². The Labute approximate surface area is 133 Å². The molecule has 4 heteroatoms. The summed E-state index contributed by atoms with van der Waals surface area (Å²) < 4.78 is 15.5. The van der Waals surface area contributed by atoms with Crippen LogP contribution in [0.3, 0.4) is 0 Å². The minimum absolute atomic E-state index is 0.0247. The number of benzene rings is 2. The first-order chi connectivity index (χ1) is 11.1. The monoisotopic (exact) mass is 308 g/mol. The first-order valence-electron chi connectivity index (χ1n) is 7.69. The maximum absolute atomic E-state index is 13.8. The van der Waals surface area contributed by atoms with E-state index in [2.05, 4.69) is 4.90 Å². The smallest absolute Gasteiger partial charge is 0.263 e. The largest absolute Gasteiger partial charge is 0.309 e. The molecule has 23 heavy (non-hydrogen) atoms. The van der Waals surface area contributed by atoms with Crippen molar-refractivity contribution in [2.75, 3.05) is 20.6 Å². The lowest BCUT2D eigenvalue weighted by Crippen LogP contribution is -2.15. The van der Waals surface area contributed by atoms with E-state index in [-0.39, 0.29) is 11.7 Å². The van der Waals surface area contributed by atoms with Gasteiger partial charge in [-0.25, -0.2) is 4.39 Å². The predicted octanol–water partition coefficient (Wildman–Crippen LogP) is 3.55. The number of carbonyl (C=O) groups excluding carboxylic acids is 1. The number of likely N-dealkylation sites (N-methyl/N-ethyl adjacent to an activating group) is 1. The van der Waals surface area contributed by atoms with Gasteiger partial charge in [-0.1, -0.05) is 18.2 Å². The van der Waals surface area contributed by atoms with E-state index >= 15 is 0 Å². The van der Waals surface area contributed by atoms with Crippen molar-refractivity contribution < 1.29 is 9.18 Å². The molecule has 0 bridgehead atoms. The number of hydrogen-bond acceptors (Lipinski definition) is 2. The van der Waals surface area contributed by atoms with Crippen molar-refractivity contribution in [1.29, 1.82) is 0 Å². The van der Waals surface area contributed by atoms with Crippen LogP contribution in [0.15, 0.2) is 42.5 Å². The van der Waals surface area contributed by atoms with Crippen molar-refractivity contribution in [2.24, 2.45) is 0 Å². The molecule has 0 aliphatic carbocycles. The molecule has 2 heterocycles. The maximum Gasteiger partial charge on any atom is 0.263 e. The molecule has 3 aromatic rings. The van der Waals surface area contributed by atoms with Crippen molar-refractivity contribution in [1.82, 2.24) is 9.47 Å². The molecule has 1 aliphatic heterocycles. The zero-order valence-corrected chi connectivity index (χ0v) is 13.1. The molecular weight excluding hydrogens is 291 g/mol. The first-order valence-corrected chi connectivity index (χ1v) is 7.69. The summed E-state index contributed by atoms with van der Waals surface area (Å²) in [4.78, 5) is 14.9. The van der Waals surface area contributed by atoms with Crippen LogP contribution < -0.4 is 0 Å². The van der Waals surface area contributed by atoms with E-state index < -0.39 is 0 Å². The molecule has 2 aromatic carbocycles. The molecule has 0 saturated heterocycles. The number of rotatable bonds is 3. The lowest BCUT2D eigenvalue weighted by atomic mass is 10.00. The third-order valence-electron chi connectivity index (χ3n) is 4.46. The van der Waals surface area contributed by atoms with Gasteiger partial charge in [0.05, 0.1) is 11.2 Å². The summed E-state index contributed by atoms with van der Waals surface area (Å²) in [6.45, 7) is 0.846. The topological polar surface area (TPSA) is 25.2 Å². The predicted molar refractivity (Wildman–Crippen MR) is 89.3 cm³/mol. The van der Waals surface area contributed by atoms with Gasteiger partial charge in [-0.05, 0) is 50.3 Å². The van der Waals surface area contributed by atoms with Gasteiger partial charge in [0.15, 0.2) is 0 Å². The van der Waals surface area contributed by atoms with Gasteiger partial charge in [-0.2, -0.15) is 0 Å². The Morgan fingerprint density at radius 2 is 1.83 bits per heavy atom. The summed E-state index contributed by atoms with van der Waals surface area (Å²) in [7, 11) is 4.02. The number of nitrogens with zero attached hydrogens (tertiary/aromatic N) is 2. The Morgan fingerprint density at radius 1 is 1.09 bits per heavy atom. The zero-order valence-electron chi connectivity index (χ0n) is 13.1. The fourth-order valence-electron chi connectivity index (χ4n) is 3.41. The van der Waals surface area contributed by atoms with Crippen LogP contribution in [-0.4, -0.2) is 36.0 Å². The highest BCUT2D eigenvalue weighted by atomic mass is 19.1. The highest BCUT2D eigenvalue weighted by Gasteiger charge is 2.31. The van der Waals surface area contributed by atoms with Crippen molar-refractivity contribution in [3.8, 4) is 11.3 Å². The standard InChI is InChI=1S/C19H17FN2O/c1-21(2)10-9-14-16-11-12(20)7-8-17(16)22-18(14)13-5-3-4-6-15(13)19(22)23/h3-8,11H,9-10H2,1-2H3. The zero-order chi connectivity index (χ0) is 16.1. The molecule has 0 fully saturated rings. The normalized spacial score (nSPS) is 13.0. The fourth-order valence-corrected chi connectivity index (χ4v) is 3.41. The Bertz CT molecular complexity index is 940. The van der Waals surface area contributed by atoms with Crippen LogP contribution in [0.5, 0.6) is 0 Å². The summed E-state index contributed by atoms with van der Waals surface area (Å²) in [5.74, 6) is -0.295. The number of aromatic nitrogens is 1. The van der Waals surface area contributed by atoms with Crippen LogP contribution in [0.25, 0.3) is 22.2 Å². The molecule has 0 atom stereocenters. The molecule has 116 valence electrons. The van der Waals surface area contributed by atoms with Crippen molar-refractivity contribution in [2.45, 2.75) is 6.42 Å². The van der Waals surface area contributed by atoms with E-state index in [4.69, 9.17) is 0 Å². The minimum Gasteiger partial charge on any atom is -0.309 e. The molecule has 0 saturated carbocycles. The van der Waals surface area contributed by atoms with Crippen molar-refractivity contribution in [3.05, 3.63) is 59.4 Å². The molecule has 0 radical (unpaired) electrons. The number of fused-ring (bicyclic) bond motifs is 5. The van der Waals surface area contributed by atoms with Crippen molar-refractivity contribution in [3.63, 3.8) is 0 Å². The van der Waals surface area contributed by atoms with Gasteiger partial charge in [-0.3, -0.25) is 9.36 Å². The molecular formula is C19H17FN2O. The Morgan fingerprint density at radius 3 is 2.57 bits per heavy atom. The third-order valence-corrected chi connectivity index (χ3v) is 4.46. The molecule has 0 spiro atoms. The third kappa shape index (κ3) is 2.02. The maximum atomic E-state index is 13.8. The van der Waals surface area contributed by atoms with Crippen molar-refractivity contribution >= 4 is 16.8 Å². The summed E-state index contributed by atoms with van der Waals surface area (Å²) in [6.07, 6.45) is 0.775. The molecule has 1 aliphatic rings.